The molecule has 162 valence electrons. The lowest BCUT2D eigenvalue weighted by Crippen LogP contribution is -2.48. The monoisotopic (exact) mass is 450 g/mol. The Kier molecular flexibility index (Phi) is 8.50. The quantitative estimate of drug-likeness (QED) is 0.577. The number of ether oxygens (including phenoxy) is 1. The number of rotatable bonds is 8. The first-order valence-electron chi connectivity index (χ1n) is 10.0. The van der Waals surface area contributed by atoms with Crippen LogP contribution >= 0.6 is 22.9 Å². The molecule has 0 saturated carbocycles. The fourth-order valence-electron chi connectivity index (χ4n) is 3.24. The molecule has 3 N–H and O–H groups in total. The molecule has 3 amide bonds. The first-order chi connectivity index (χ1) is 14.5. The van der Waals surface area contributed by atoms with E-state index in [0.29, 0.717) is 31.8 Å². The van der Waals surface area contributed by atoms with Gasteiger partial charge in [-0.05, 0) is 36.8 Å². The smallest absolute Gasteiger partial charge is 0.315 e. The first-order valence-corrected chi connectivity index (χ1v) is 11.2. The Morgan fingerprint density at radius 3 is 2.87 bits per heavy atom. The van der Waals surface area contributed by atoms with Gasteiger partial charge in [-0.1, -0.05) is 23.7 Å². The molecule has 1 saturated heterocycles. The highest BCUT2D eigenvalue weighted by Crippen LogP contribution is 2.23. The molecule has 1 aromatic heterocycles. The van der Waals surface area contributed by atoms with Gasteiger partial charge in [-0.2, -0.15) is 0 Å². The highest BCUT2D eigenvalue weighted by Gasteiger charge is 2.21. The van der Waals surface area contributed by atoms with Gasteiger partial charge in [0.1, 0.15) is 0 Å². The van der Waals surface area contributed by atoms with E-state index in [0.717, 1.165) is 29.5 Å². The van der Waals surface area contributed by atoms with E-state index < -0.39 is 0 Å². The Hall–Kier alpha value is -2.13. The van der Waals surface area contributed by atoms with Crippen molar-refractivity contribution in [3.05, 3.63) is 56.7 Å². The molecule has 2 aromatic rings. The Balaban J connectivity index is 1.40. The fourth-order valence-corrected chi connectivity index (χ4v) is 4.37. The molecule has 1 aliphatic rings. The number of carbonyl (C=O) groups excluding carboxylic acids is 2. The molecule has 0 spiro atoms. The lowest BCUT2D eigenvalue weighted by atomic mass is 10.1. The van der Waals surface area contributed by atoms with E-state index in [1.165, 1.54) is 4.88 Å². The maximum absolute atomic E-state index is 12.2. The van der Waals surface area contributed by atoms with Crippen LogP contribution in [0.1, 0.15) is 27.7 Å². The van der Waals surface area contributed by atoms with Crippen LogP contribution < -0.4 is 16.0 Å². The van der Waals surface area contributed by atoms with Crippen molar-refractivity contribution < 1.29 is 14.3 Å². The van der Waals surface area contributed by atoms with E-state index >= 15 is 0 Å². The molecular formula is C21H27ClN4O3S. The van der Waals surface area contributed by atoms with Crippen LogP contribution in [0.5, 0.6) is 0 Å². The summed E-state index contributed by atoms with van der Waals surface area (Å²) in [5.41, 5.74) is 1.45. The molecule has 1 aromatic carbocycles. The van der Waals surface area contributed by atoms with Crippen LogP contribution in [0.15, 0.2) is 36.4 Å². The third kappa shape index (κ3) is 6.98. The van der Waals surface area contributed by atoms with Crippen molar-refractivity contribution in [1.82, 2.24) is 20.9 Å². The summed E-state index contributed by atoms with van der Waals surface area (Å²) in [6.07, 6.45) is -0.0546. The number of amides is 3. The predicted molar refractivity (Wildman–Crippen MR) is 119 cm³/mol. The Labute approximate surface area is 185 Å². The second-order valence-corrected chi connectivity index (χ2v) is 8.86. The molecule has 0 radical (unpaired) electrons. The molecule has 0 bridgehead atoms. The summed E-state index contributed by atoms with van der Waals surface area (Å²) in [5.74, 6) is -0.118. The molecule has 2 heterocycles. The van der Waals surface area contributed by atoms with Gasteiger partial charge in [-0.15, -0.1) is 11.3 Å². The van der Waals surface area contributed by atoms with Crippen molar-refractivity contribution in [2.45, 2.75) is 26.1 Å². The van der Waals surface area contributed by atoms with Crippen LogP contribution in [0, 0.1) is 0 Å². The molecule has 1 aliphatic heterocycles. The van der Waals surface area contributed by atoms with Crippen molar-refractivity contribution in [3.8, 4) is 0 Å². The van der Waals surface area contributed by atoms with Crippen molar-refractivity contribution in [2.75, 3.05) is 32.8 Å². The molecule has 0 aliphatic carbocycles. The summed E-state index contributed by atoms with van der Waals surface area (Å²) in [5, 5.41) is 8.46. The van der Waals surface area contributed by atoms with Crippen LogP contribution in [-0.2, 0) is 17.8 Å². The van der Waals surface area contributed by atoms with Crippen LogP contribution in [0.4, 0.5) is 4.79 Å². The number of urea groups is 1. The van der Waals surface area contributed by atoms with Gasteiger partial charge in [0, 0.05) is 49.7 Å². The van der Waals surface area contributed by atoms with E-state index in [2.05, 4.69) is 20.9 Å². The number of morpholine rings is 1. The summed E-state index contributed by atoms with van der Waals surface area (Å²) in [4.78, 5) is 27.6. The average Bonchev–Trinajstić information content (AvgIpc) is 3.16. The maximum Gasteiger partial charge on any atom is 0.315 e. The molecule has 7 nitrogen and oxygen atoms in total. The van der Waals surface area contributed by atoms with Crippen molar-refractivity contribution in [3.63, 3.8) is 0 Å². The van der Waals surface area contributed by atoms with Gasteiger partial charge in [0.05, 0.1) is 17.0 Å². The molecule has 9 heteroatoms. The average molecular weight is 451 g/mol. The minimum atomic E-state index is -0.260. The fraction of sp³-hybridized carbons (Fsp3) is 0.429. The van der Waals surface area contributed by atoms with Gasteiger partial charge in [-0.25, -0.2) is 4.79 Å². The number of carbonyl (C=O) groups is 2. The second-order valence-electron chi connectivity index (χ2n) is 7.06. The molecular weight excluding hydrogens is 424 g/mol. The second kappa shape index (κ2) is 11.3. The lowest BCUT2D eigenvalue weighted by Gasteiger charge is -2.32. The maximum atomic E-state index is 12.2. The van der Waals surface area contributed by atoms with E-state index in [9.17, 15) is 9.59 Å². The van der Waals surface area contributed by atoms with Crippen molar-refractivity contribution >= 4 is 34.9 Å². The van der Waals surface area contributed by atoms with Crippen molar-refractivity contribution in [1.29, 1.82) is 0 Å². The molecule has 0 unspecified atom stereocenters. The van der Waals surface area contributed by atoms with E-state index in [-0.39, 0.29) is 18.0 Å². The number of halogens is 1. The largest absolute Gasteiger partial charge is 0.374 e. The Morgan fingerprint density at radius 2 is 2.10 bits per heavy atom. The number of nitrogens with one attached hydrogen (secondary N) is 3. The van der Waals surface area contributed by atoms with Gasteiger partial charge in [0.25, 0.3) is 5.91 Å². The topological polar surface area (TPSA) is 82.7 Å². The zero-order valence-corrected chi connectivity index (χ0v) is 18.5. The van der Waals surface area contributed by atoms with Crippen LogP contribution in [-0.4, -0.2) is 55.7 Å². The zero-order valence-electron chi connectivity index (χ0n) is 16.9. The van der Waals surface area contributed by atoms with Crippen LogP contribution in [0.2, 0.25) is 4.34 Å². The van der Waals surface area contributed by atoms with Gasteiger partial charge >= 0.3 is 6.03 Å². The molecule has 30 heavy (non-hydrogen) atoms. The summed E-state index contributed by atoms with van der Waals surface area (Å²) >= 11 is 7.59. The lowest BCUT2D eigenvalue weighted by molar-refractivity contribution is -0.0284. The number of thiophene rings is 1. The minimum absolute atomic E-state index is 0.0546. The third-order valence-electron chi connectivity index (χ3n) is 4.70. The summed E-state index contributed by atoms with van der Waals surface area (Å²) < 4.78 is 6.57. The SMILES string of the molecule is CCNC(=O)c1cccc(CNC(=O)NC[C@H]2CN(Cc3ccc(Cl)s3)CCO2)c1. The minimum Gasteiger partial charge on any atom is -0.374 e. The first kappa shape index (κ1) is 22.6. The van der Waals surface area contributed by atoms with Gasteiger partial charge < -0.3 is 20.7 Å². The van der Waals surface area contributed by atoms with Gasteiger partial charge in [0.2, 0.25) is 0 Å². The third-order valence-corrected chi connectivity index (χ3v) is 5.92. The van der Waals surface area contributed by atoms with E-state index in [4.69, 9.17) is 16.3 Å². The molecule has 1 fully saturated rings. The highest BCUT2D eigenvalue weighted by molar-refractivity contribution is 7.16. The van der Waals surface area contributed by atoms with Crippen LogP contribution in [0.25, 0.3) is 0 Å². The summed E-state index contributed by atoms with van der Waals surface area (Å²) in [7, 11) is 0. The van der Waals surface area contributed by atoms with Crippen molar-refractivity contribution in [2.24, 2.45) is 0 Å². The number of hydrogen-bond acceptors (Lipinski definition) is 5. The predicted octanol–water partition coefficient (Wildman–Crippen LogP) is 2.85. The zero-order chi connectivity index (χ0) is 21.3. The number of nitrogens with zero attached hydrogens (tertiary/aromatic N) is 1. The van der Waals surface area contributed by atoms with E-state index in [1.807, 2.05) is 31.2 Å². The van der Waals surface area contributed by atoms with Gasteiger partial charge in [0.15, 0.2) is 0 Å². The number of hydrogen-bond donors (Lipinski definition) is 3. The summed E-state index contributed by atoms with van der Waals surface area (Å²) in [6.45, 7) is 6.32. The normalized spacial score (nSPS) is 16.8. The number of benzene rings is 1. The highest BCUT2D eigenvalue weighted by atomic mass is 35.5. The van der Waals surface area contributed by atoms with Crippen LogP contribution in [0.3, 0.4) is 0 Å². The van der Waals surface area contributed by atoms with Gasteiger partial charge in [-0.3, -0.25) is 9.69 Å². The Morgan fingerprint density at radius 1 is 1.23 bits per heavy atom. The molecule has 3 rings (SSSR count). The van der Waals surface area contributed by atoms with E-state index in [1.54, 1.807) is 23.5 Å². The molecule has 1 atom stereocenters. The summed E-state index contributed by atoms with van der Waals surface area (Å²) in [6, 6.07) is 10.9. The standard InChI is InChI=1S/C21H27ClN4O3S/c1-2-23-20(27)16-5-3-4-15(10-16)11-24-21(28)25-12-17-13-26(8-9-29-17)14-18-6-7-19(22)30-18/h3-7,10,17H,2,8-9,11-14H2,1H3,(H,23,27)(H2,24,25,28)/t17-/m0/s1. The Bertz CT molecular complexity index is 860.